The van der Waals surface area contributed by atoms with E-state index in [1.165, 1.54) is 5.56 Å². The largest absolute Gasteiger partial charge is 0.346 e. The summed E-state index contributed by atoms with van der Waals surface area (Å²) in [6.45, 7) is 5.25. The molecule has 0 bridgehead atoms. The maximum absolute atomic E-state index is 12.6. The third-order valence-corrected chi connectivity index (χ3v) is 3.81. The molecule has 0 unspecified atom stereocenters. The summed E-state index contributed by atoms with van der Waals surface area (Å²) in [5.74, 6) is 0.0259. The van der Waals surface area contributed by atoms with E-state index >= 15 is 0 Å². The van der Waals surface area contributed by atoms with Crippen molar-refractivity contribution >= 4 is 5.78 Å². The van der Waals surface area contributed by atoms with Gasteiger partial charge < -0.3 is 9.47 Å². The average molecular weight is 282 g/mol. The quantitative estimate of drug-likeness (QED) is 0.807. The van der Waals surface area contributed by atoms with Crippen LogP contribution in [0.1, 0.15) is 38.9 Å². The number of hydrogen-bond acceptors (Lipinski definition) is 3. The topological polar surface area (TPSA) is 35.5 Å². The Balaban J connectivity index is 1.90. The van der Waals surface area contributed by atoms with Crippen molar-refractivity contribution in [1.82, 2.24) is 0 Å². The minimum Gasteiger partial charge on any atom is -0.346 e. The Labute approximate surface area is 124 Å². The summed E-state index contributed by atoms with van der Waals surface area (Å²) in [5.41, 5.74) is 4.58. The van der Waals surface area contributed by atoms with E-state index in [0.29, 0.717) is 24.3 Å². The van der Waals surface area contributed by atoms with Gasteiger partial charge in [-0.25, -0.2) is 0 Å². The lowest BCUT2D eigenvalue weighted by Crippen LogP contribution is -2.05. The molecule has 2 aromatic carbocycles. The second-order valence-electron chi connectivity index (χ2n) is 5.33. The lowest BCUT2D eigenvalue weighted by atomic mass is 9.98. The van der Waals surface area contributed by atoms with Gasteiger partial charge in [-0.05, 0) is 37.1 Å². The van der Waals surface area contributed by atoms with E-state index < -0.39 is 0 Å². The zero-order valence-electron chi connectivity index (χ0n) is 12.3. The molecule has 1 heterocycles. The van der Waals surface area contributed by atoms with Crippen LogP contribution in [0.4, 0.5) is 0 Å². The summed E-state index contributed by atoms with van der Waals surface area (Å²) in [6, 6.07) is 13.3. The summed E-state index contributed by atoms with van der Waals surface area (Å²) in [6.07, 6.45) is -0.350. The average Bonchev–Trinajstić information content (AvgIpc) is 3.04. The first-order valence-corrected chi connectivity index (χ1v) is 7.10. The molecule has 108 valence electrons. The van der Waals surface area contributed by atoms with Crippen molar-refractivity contribution < 1.29 is 14.3 Å². The number of benzene rings is 2. The zero-order valence-corrected chi connectivity index (χ0v) is 12.3. The predicted molar refractivity (Wildman–Crippen MR) is 80.4 cm³/mol. The lowest BCUT2D eigenvalue weighted by molar-refractivity contribution is -0.0441. The van der Waals surface area contributed by atoms with Gasteiger partial charge >= 0.3 is 0 Å². The summed E-state index contributed by atoms with van der Waals surface area (Å²) in [4.78, 5) is 12.6. The SMILES string of the molecule is Cc1ccc(C(=O)c2cccc(C3OCCO3)c2)cc1C. The molecule has 0 radical (unpaired) electrons. The Morgan fingerprint density at radius 3 is 2.38 bits per heavy atom. The minimum absolute atomic E-state index is 0.0259. The molecular formula is C18H18O3. The maximum Gasteiger partial charge on any atom is 0.193 e. The molecule has 2 aromatic rings. The van der Waals surface area contributed by atoms with Crippen molar-refractivity contribution in [2.75, 3.05) is 13.2 Å². The van der Waals surface area contributed by atoms with Crippen molar-refractivity contribution in [1.29, 1.82) is 0 Å². The highest BCUT2D eigenvalue weighted by Crippen LogP contribution is 2.24. The van der Waals surface area contributed by atoms with E-state index in [9.17, 15) is 4.79 Å². The fraction of sp³-hybridized carbons (Fsp3) is 0.278. The summed E-state index contributed by atoms with van der Waals surface area (Å²) >= 11 is 0. The Bertz CT molecular complexity index is 670. The highest BCUT2D eigenvalue weighted by molar-refractivity contribution is 6.09. The molecule has 21 heavy (non-hydrogen) atoms. The van der Waals surface area contributed by atoms with Crippen molar-refractivity contribution in [3.63, 3.8) is 0 Å². The van der Waals surface area contributed by atoms with E-state index in [0.717, 1.165) is 11.1 Å². The number of carbonyl (C=O) groups excluding carboxylic acids is 1. The fourth-order valence-electron chi connectivity index (χ4n) is 2.43. The van der Waals surface area contributed by atoms with Crippen molar-refractivity contribution in [3.05, 3.63) is 70.3 Å². The Kier molecular flexibility index (Phi) is 3.86. The van der Waals surface area contributed by atoms with Crippen LogP contribution in [-0.2, 0) is 9.47 Å². The van der Waals surface area contributed by atoms with Crippen LogP contribution in [0.15, 0.2) is 42.5 Å². The van der Waals surface area contributed by atoms with Gasteiger partial charge in [0, 0.05) is 16.7 Å². The second kappa shape index (κ2) is 5.80. The zero-order chi connectivity index (χ0) is 14.8. The first-order valence-electron chi connectivity index (χ1n) is 7.10. The molecule has 0 aromatic heterocycles. The van der Waals surface area contributed by atoms with Crippen LogP contribution in [0, 0.1) is 13.8 Å². The van der Waals surface area contributed by atoms with Gasteiger partial charge in [-0.1, -0.05) is 30.3 Å². The van der Waals surface area contributed by atoms with Gasteiger partial charge in [0.25, 0.3) is 0 Å². The third-order valence-electron chi connectivity index (χ3n) is 3.81. The van der Waals surface area contributed by atoms with Crippen molar-refractivity contribution in [2.24, 2.45) is 0 Å². The molecular weight excluding hydrogens is 264 g/mol. The standard InChI is InChI=1S/C18H18O3/c1-12-6-7-15(10-13(12)2)17(19)14-4-3-5-16(11-14)18-20-8-9-21-18/h3-7,10-11,18H,8-9H2,1-2H3. The second-order valence-corrected chi connectivity index (χ2v) is 5.33. The Morgan fingerprint density at radius 2 is 1.67 bits per heavy atom. The Morgan fingerprint density at radius 1 is 0.952 bits per heavy atom. The van der Waals surface area contributed by atoms with Crippen LogP contribution in [0.25, 0.3) is 0 Å². The molecule has 3 heteroatoms. The molecule has 1 aliphatic rings. The van der Waals surface area contributed by atoms with Crippen molar-refractivity contribution in [2.45, 2.75) is 20.1 Å². The summed E-state index contributed by atoms with van der Waals surface area (Å²) in [7, 11) is 0. The number of hydrogen-bond donors (Lipinski definition) is 0. The normalized spacial score (nSPS) is 15.3. The monoisotopic (exact) mass is 282 g/mol. The summed E-state index contributed by atoms with van der Waals surface area (Å²) in [5, 5.41) is 0. The molecule has 0 spiro atoms. The highest BCUT2D eigenvalue weighted by atomic mass is 16.7. The molecule has 1 saturated heterocycles. The highest BCUT2D eigenvalue weighted by Gasteiger charge is 2.19. The number of ketones is 1. The van der Waals surface area contributed by atoms with Crippen LogP contribution >= 0.6 is 0 Å². The van der Waals surface area contributed by atoms with Gasteiger partial charge in [0.2, 0.25) is 0 Å². The fourth-order valence-corrected chi connectivity index (χ4v) is 2.43. The number of rotatable bonds is 3. The first kappa shape index (κ1) is 14.0. The van der Waals surface area contributed by atoms with Crippen molar-refractivity contribution in [3.8, 4) is 0 Å². The molecule has 0 saturated carbocycles. The minimum atomic E-state index is -0.350. The molecule has 1 fully saturated rings. The van der Waals surface area contributed by atoms with Crippen LogP contribution in [0.5, 0.6) is 0 Å². The molecule has 3 rings (SSSR count). The molecule has 0 amide bonds. The first-order chi connectivity index (χ1) is 10.1. The lowest BCUT2D eigenvalue weighted by Gasteiger charge is -2.11. The third kappa shape index (κ3) is 2.89. The molecule has 3 nitrogen and oxygen atoms in total. The molecule has 0 aliphatic carbocycles. The summed E-state index contributed by atoms with van der Waals surface area (Å²) < 4.78 is 11.0. The van der Waals surface area contributed by atoms with Gasteiger partial charge in [-0.3, -0.25) is 4.79 Å². The van der Waals surface area contributed by atoms with Crippen LogP contribution < -0.4 is 0 Å². The van der Waals surface area contributed by atoms with Gasteiger partial charge in [0.1, 0.15) is 0 Å². The number of ether oxygens (including phenoxy) is 2. The molecule has 1 aliphatic heterocycles. The van der Waals surface area contributed by atoms with Gasteiger partial charge in [0.05, 0.1) is 13.2 Å². The van der Waals surface area contributed by atoms with E-state index in [1.807, 2.05) is 56.3 Å². The molecule has 0 N–H and O–H groups in total. The van der Waals surface area contributed by atoms with E-state index in [2.05, 4.69) is 0 Å². The predicted octanol–water partition coefficient (Wildman–Crippen LogP) is 3.58. The number of carbonyl (C=O) groups is 1. The van der Waals surface area contributed by atoms with E-state index in [1.54, 1.807) is 0 Å². The maximum atomic E-state index is 12.6. The van der Waals surface area contributed by atoms with Crippen LogP contribution in [0.2, 0.25) is 0 Å². The molecule has 0 atom stereocenters. The van der Waals surface area contributed by atoms with E-state index in [4.69, 9.17) is 9.47 Å². The smallest absolute Gasteiger partial charge is 0.193 e. The van der Waals surface area contributed by atoms with Gasteiger partial charge in [-0.15, -0.1) is 0 Å². The van der Waals surface area contributed by atoms with Gasteiger partial charge in [-0.2, -0.15) is 0 Å². The van der Waals surface area contributed by atoms with Gasteiger partial charge in [0.15, 0.2) is 12.1 Å². The van der Waals surface area contributed by atoms with E-state index in [-0.39, 0.29) is 12.1 Å². The number of aryl methyl sites for hydroxylation is 2. The van der Waals surface area contributed by atoms with Crippen LogP contribution in [0.3, 0.4) is 0 Å². The van der Waals surface area contributed by atoms with Crippen LogP contribution in [-0.4, -0.2) is 19.0 Å². The Hall–Kier alpha value is -1.97.